The molecule has 0 saturated carbocycles. The van der Waals surface area contributed by atoms with Crippen molar-refractivity contribution in [2.24, 2.45) is 0 Å². The van der Waals surface area contributed by atoms with Crippen LogP contribution in [-0.4, -0.2) is 44.1 Å². The van der Waals surface area contributed by atoms with Gasteiger partial charge < -0.3 is 34.5 Å². The zero-order chi connectivity index (χ0) is 9.00. The van der Waals surface area contributed by atoms with Crippen LogP contribution in [0.4, 0.5) is 34.5 Å². The standard InChI is InChI=1S/2BF4.2HI.Na.H/c2*2-1(3,4)5;;;;/h;;2*1H;;/q2*-1;;;;. The van der Waals surface area contributed by atoms with Gasteiger partial charge in [0.15, 0.2) is 0 Å². The molecule has 0 heterocycles. The first-order chi connectivity index (χ1) is 4.00. The van der Waals surface area contributed by atoms with Gasteiger partial charge in [0.2, 0.25) is 0 Å². The Morgan fingerprint density at radius 2 is 0.462 bits per heavy atom. The Balaban J connectivity index is -0.0000000267. The molecule has 0 aromatic rings. The molecule has 0 aliphatic heterocycles. The van der Waals surface area contributed by atoms with Crippen LogP contribution in [0.5, 0.6) is 0 Å². The van der Waals surface area contributed by atoms with Crippen molar-refractivity contribution in [2.75, 3.05) is 0 Å². The Morgan fingerprint density at radius 3 is 0.462 bits per heavy atom. The number of halogens is 10. The van der Waals surface area contributed by atoms with Crippen molar-refractivity contribution in [3.8, 4) is 0 Å². The molecule has 0 aromatic heterocycles. The molecule has 0 fully saturated rings. The van der Waals surface area contributed by atoms with Crippen molar-refractivity contribution < 1.29 is 34.5 Å². The Kier molecular flexibility index (Phi) is 27.4. The number of hydrogen-bond acceptors (Lipinski definition) is 0. The van der Waals surface area contributed by atoms with Crippen molar-refractivity contribution in [2.45, 2.75) is 0 Å². The molecule has 13 heteroatoms. The fourth-order valence-corrected chi connectivity index (χ4v) is 0. The van der Waals surface area contributed by atoms with Gasteiger partial charge in [0.05, 0.1) is 0 Å². The Hall–Kier alpha value is 2.03. The number of rotatable bonds is 0. The Morgan fingerprint density at radius 1 is 0.462 bits per heavy atom. The maximum absolute atomic E-state index is 9.75. The molecule has 0 aromatic carbocycles. The molecule has 0 saturated heterocycles. The third kappa shape index (κ3) is 493. The quantitative estimate of drug-likeness (QED) is 0.300. The first kappa shape index (κ1) is 29.4. The van der Waals surface area contributed by atoms with Crippen molar-refractivity contribution >= 4 is 92.0 Å². The van der Waals surface area contributed by atoms with Crippen LogP contribution in [0.15, 0.2) is 0 Å². The Bertz CT molecular complexity index is 63.1. The van der Waals surface area contributed by atoms with Crippen LogP contribution >= 0.6 is 48.0 Å². The van der Waals surface area contributed by atoms with Crippen molar-refractivity contribution in [1.82, 2.24) is 0 Å². The average Bonchev–Trinajstić information content (AvgIpc) is 1.12. The molecule has 0 amide bonds. The maximum atomic E-state index is 9.75. The summed E-state index contributed by atoms with van der Waals surface area (Å²) in [6.45, 7) is 0. The third-order valence-electron chi connectivity index (χ3n) is 0. The summed E-state index contributed by atoms with van der Waals surface area (Å²) < 4.78 is 78.0. The second-order valence-electron chi connectivity index (χ2n) is 0.990. The first-order valence-corrected chi connectivity index (χ1v) is 1.75. The molecule has 82 valence electrons. The molecule has 0 nitrogen and oxygen atoms in total. The van der Waals surface area contributed by atoms with Gasteiger partial charge in [0.25, 0.3) is 0 Å². The first-order valence-electron chi connectivity index (χ1n) is 1.75. The predicted octanol–water partition coefficient (Wildman–Crippen LogP) is 3.19. The molecule has 0 radical (unpaired) electrons. The van der Waals surface area contributed by atoms with Gasteiger partial charge in [-0.3, -0.25) is 0 Å². The molecule has 0 unspecified atom stereocenters. The summed E-state index contributed by atoms with van der Waals surface area (Å²) in [4.78, 5) is 0. The molecule has 0 bridgehead atoms. The van der Waals surface area contributed by atoms with Crippen LogP contribution in [0.3, 0.4) is 0 Å². The molecular formula is H3B2F8I2Na-2. The van der Waals surface area contributed by atoms with E-state index in [1.807, 2.05) is 0 Å². The molecule has 0 N–H and O–H groups in total. The van der Waals surface area contributed by atoms with E-state index in [0.717, 1.165) is 0 Å². The summed E-state index contributed by atoms with van der Waals surface area (Å²) in [5, 5.41) is 0. The summed E-state index contributed by atoms with van der Waals surface area (Å²) in [7, 11) is -12.0. The topological polar surface area (TPSA) is 0 Å². The van der Waals surface area contributed by atoms with Crippen LogP contribution in [-0.2, 0) is 0 Å². The van der Waals surface area contributed by atoms with E-state index in [1.54, 1.807) is 0 Å². The molecule has 0 rings (SSSR count). The van der Waals surface area contributed by atoms with E-state index in [2.05, 4.69) is 0 Å². The predicted molar refractivity (Wildman–Crippen MR) is 58.4 cm³/mol. The van der Waals surface area contributed by atoms with Crippen LogP contribution in [0, 0.1) is 0 Å². The van der Waals surface area contributed by atoms with Crippen molar-refractivity contribution in [3.63, 3.8) is 0 Å². The molecule has 13 heavy (non-hydrogen) atoms. The van der Waals surface area contributed by atoms with Crippen LogP contribution in [0.2, 0.25) is 0 Å². The SMILES string of the molecule is F[B-](F)(F)F.F[B-](F)(F)F.I.I.[NaH]. The van der Waals surface area contributed by atoms with E-state index in [9.17, 15) is 34.5 Å². The average molecular weight is 453 g/mol. The molecular weight excluding hydrogens is 450 g/mol. The second-order valence-corrected chi connectivity index (χ2v) is 0.990. The van der Waals surface area contributed by atoms with Gasteiger partial charge in [0.1, 0.15) is 0 Å². The fraction of sp³-hybridized carbons (Fsp3) is 0. The van der Waals surface area contributed by atoms with Gasteiger partial charge in [-0.15, -0.1) is 48.0 Å². The molecule has 0 aliphatic rings. The summed E-state index contributed by atoms with van der Waals surface area (Å²) in [6.07, 6.45) is 0. The summed E-state index contributed by atoms with van der Waals surface area (Å²) >= 11 is 0. The molecule has 0 atom stereocenters. The van der Waals surface area contributed by atoms with Gasteiger partial charge in [-0.2, -0.15) is 0 Å². The van der Waals surface area contributed by atoms with E-state index in [0.29, 0.717) is 0 Å². The zero-order valence-electron chi connectivity index (χ0n) is 4.99. The zero-order valence-corrected chi connectivity index (χ0v) is 9.66. The fourth-order valence-electron chi connectivity index (χ4n) is 0. The second kappa shape index (κ2) is 12.1. The molecule has 0 spiro atoms. The van der Waals surface area contributed by atoms with E-state index in [4.69, 9.17) is 0 Å². The Labute approximate surface area is 125 Å². The molecule has 0 aliphatic carbocycles. The van der Waals surface area contributed by atoms with Gasteiger partial charge in [-0.1, -0.05) is 0 Å². The van der Waals surface area contributed by atoms with E-state index in [1.165, 1.54) is 0 Å². The summed E-state index contributed by atoms with van der Waals surface area (Å²) in [5.74, 6) is 0. The summed E-state index contributed by atoms with van der Waals surface area (Å²) in [6, 6.07) is 0. The van der Waals surface area contributed by atoms with Crippen LogP contribution in [0.1, 0.15) is 0 Å². The van der Waals surface area contributed by atoms with Gasteiger partial charge in [-0.05, 0) is 0 Å². The van der Waals surface area contributed by atoms with Crippen LogP contribution < -0.4 is 0 Å². The van der Waals surface area contributed by atoms with Crippen LogP contribution in [0.25, 0.3) is 0 Å². The van der Waals surface area contributed by atoms with E-state index < -0.39 is 14.5 Å². The normalized spacial score (nSPS) is 9.23. The van der Waals surface area contributed by atoms with Gasteiger partial charge in [-0.25, -0.2) is 0 Å². The van der Waals surface area contributed by atoms with Crippen molar-refractivity contribution in [1.29, 1.82) is 0 Å². The van der Waals surface area contributed by atoms with Gasteiger partial charge in [0, 0.05) is 0 Å². The van der Waals surface area contributed by atoms with E-state index >= 15 is 0 Å². The minimum atomic E-state index is -6.00. The van der Waals surface area contributed by atoms with E-state index in [-0.39, 0.29) is 77.5 Å². The summed E-state index contributed by atoms with van der Waals surface area (Å²) in [5.41, 5.74) is 0. The van der Waals surface area contributed by atoms with Crippen molar-refractivity contribution in [3.05, 3.63) is 0 Å². The van der Waals surface area contributed by atoms with Gasteiger partial charge >= 0.3 is 44.1 Å². The number of hydrogen-bond donors (Lipinski definition) is 0. The monoisotopic (exact) mass is 454 g/mol. The minimum absolute atomic E-state index is 0. The third-order valence-corrected chi connectivity index (χ3v) is 0.